The van der Waals surface area contributed by atoms with Gasteiger partial charge in [-0.25, -0.2) is 0 Å². The number of nitrogens with zero attached hydrogens (tertiary/aromatic N) is 2. The largest absolute Gasteiger partial charge is 0.493 e. The monoisotopic (exact) mass is 385 g/mol. The number of fused-ring (bicyclic) bond motifs is 3. The van der Waals surface area contributed by atoms with Crippen LogP contribution in [0.1, 0.15) is 21.6 Å². The van der Waals surface area contributed by atoms with Crippen molar-refractivity contribution in [3.8, 4) is 17.2 Å². The van der Waals surface area contributed by atoms with Crippen molar-refractivity contribution >= 4 is 16.8 Å². The molecule has 2 heterocycles. The summed E-state index contributed by atoms with van der Waals surface area (Å²) in [5, 5.41) is 8.06. The van der Waals surface area contributed by atoms with Gasteiger partial charge in [-0.2, -0.15) is 5.10 Å². The number of amides is 1. The summed E-state index contributed by atoms with van der Waals surface area (Å²) < 4.78 is 11.7. The Morgan fingerprint density at radius 2 is 1.76 bits per heavy atom. The van der Waals surface area contributed by atoms with Crippen LogP contribution >= 0.6 is 0 Å². The number of aromatic amines is 1. The minimum absolute atomic E-state index is 0.132. The first-order valence-electron chi connectivity index (χ1n) is 9.38. The van der Waals surface area contributed by atoms with Crippen molar-refractivity contribution in [2.75, 3.05) is 7.11 Å². The predicted octanol–water partition coefficient (Wildman–Crippen LogP) is 4.52. The van der Waals surface area contributed by atoms with Gasteiger partial charge in [-0.3, -0.25) is 9.89 Å². The van der Waals surface area contributed by atoms with Gasteiger partial charge in [-0.05, 0) is 18.2 Å². The highest BCUT2D eigenvalue weighted by atomic mass is 16.5. The Morgan fingerprint density at radius 1 is 1.00 bits per heavy atom. The Bertz CT molecular complexity index is 1210. The molecule has 0 saturated carbocycles. The van der Waals surface area contributed by atoms with E-state index in [0.717, 1.165) is 22.0 Å². The molecule has 1 amide bonds. The van der Waals surface area contributed by atoms with E-state index in [1.165, 1.54) is 0 Å². The molecule has 1 N–H and O–H groups in total. The Balaban J connectivity index is 1.62. The van der Waals surface area contributed by atoms with Crippen molar-refractivity contribution in [2.24, 2.45) is 0 Å². The number of hydrogen-bond acceptors (Lipinski definition) is 4. The maximum absolute atomic E-state index is 13.5. The number of ether oxygens (including phenoxy) is 2. The van der Waals surface area contributed by atoms with Crippen LogP contribution in [-0.4, -0.2) is 28.1 Å². The fourth-order valence-corrected chi connectivity index (χ4v) is 3.69. The Morgan fingerprint density at radius 3 is 2.66 bits per heavy atom. The van der Waals surface area contributed by atoms with Crippen LogP contribution in [0, 0.1) is 0 Å². The molecule has 4 aromatic rings. The maximum atomic E-state index is 13.5. The van der Waals surface area contributed by atoms with Gasteiger partial charge in [0.05, 0.1) is 25.7 Å². The van der Waals surface area contributed by atoms with Crippen LogP contribution in [0.15, 0.2) is 66.7 Å². The molecule has 1 aliphatic heterocycles. The van der Waals surface area contributed by atoms with Crippen LogP contribution < -0.4 is 9.47 Å². The van der Waals surface area contributed by atoms with Gasteiger partial charge < -0.3 is 14.4 Å². The minimum atomic E-state index is -0.132. The van der Waals surface area contributed by atoms with E-state index in [-0.39, 0.29) is 5.91 Å². The first kappa shape index (κ1) is 17.3. The fourth-order valence-electron chi connectivity index (χ4n) is 3.69. The summed E-state index contributed by atoms with van der Waals surface area (Å²) in [6.07, 6.45) is 0. The van der Waals surface area contributed by atoms with E-state index in [0.29, 0.717) is 36.0 Å². The lowest BCUT2D eigenvalue weighted by molar-refractivity contribution is 0.0720. The lowest BCUT2D eigenvalue weighted by Gasteiger charge is -2.28. The van der Waals surface area contributed by atoms with E-state index >= 15 is 0 Å². The molecule has 0 atom stereocenters. The van der Waals surface area contributed by atoms with Gasteiger partial charge in [0.1, 0.15) is 5.75 Å². The predicted molar refractivity (Wildman–Crippen MR) is 109 cm³/mol. The average molecular weight is 385 g/mol. The van der Waals surface area contributed by atoms with Crippen molar-refractivity contribution in [1.29, 1.82) is 0 Å². The minimum Gasteiger partial charge on any atom is -0.493 e. The normalized spacial score (nSPS) is 13.1. The highest BCUT2D eigenvalue weighted by Crippen LogP contribution is 2.39. The van der Waals surface area contributed by atoms with Crippen LogP contribution in [0.4, 0.5) is 0 Å². The number of para-hydroxylation sites is 3. The molecule has 0 bridgehead atoms. The van der Waals surface area contributed by atoms with E-state index < -0.39 is 0 Å². The summed E-state index contributed by atoms with van der Waals surface area (Å²) >= 11 is 0. The zero-order valence-electron chi connectivity index (χ0n) is 15.9. The number of rotatable bonds is 2. The average Bonchev–Trinajstić information content (AvgIpc) is 3.17. The molecule has 6 heteroatoms. The van der Waals surface area contributed by atoms with Crippen molar-refractivity contribution in [3.05, 3.63) is 83.6 Å². The van der Waals surface area contributed by atoms with Gasteiger partial charge in [0.25, 0.3) is 5.91 Å². The van der Waals surface area contributed by atoms with Gasteiger partial charge >= 0.3 is 0 Å². The Labute approximate surface area is 167 Å². The second-order valence-electron chi connectivity index (χ2n) is 6.94. The maximum Gasteiger partial charge on any atom is 0.275 e. The number of hydrogen-bond donors (Lipinski definition) is 1. The van der Waals surface area contributed by atoms with Crippen LogP contribution in [0.5, 0.6) is 17.2 Å². The van der Waals surface area contributed by atoms with E-state index in [1.54, 1.807) is 12.0 Å². The molecule has 3 aromatic carbocycles. The molecule has 1 aromatic heterocycles. The number of carbonyl (C=O) groups is 1. The van der Waals surface area contributed by atoms with Crippen LogP contribution in [0.3, 0.4) is 0 Å². The third-order valence-corrected chi connectivity index (χ3v) is 5.15. The highest BCUT2D eigenvalue weighted by molar-refractivity contribution is 6.04. The quantitative estimate of drug-likeness (QED) is 0.551. The van der Waals surface area contributed by atoms with Crippen LogP contribution in [0.25, 0.3) is 10.9 Å². The number of carbonyl (C=O) groups excluding carboxylic acids is 1. The van der Waals surface area contributed by atoms with E-state index in [1.807, 2.05) is 66.7 Å². The number of methoxy groups -OCH3 is 1. The molecule has 0 aliphatic carbocycles. The van der Waals surface area contributed by atoms with Crippen molar-refractivity contribution < 1.29 is 14.3 Å². The summed E-state index contributed by atoms with van der Waals surface area (Å²) in [7, 11) is 1.61. The number of aromatic nitrogens is 2. The molecule has 0 unspecified atom stereocenters. The van der Waals surface area contributed by atoms with Gasteiger partial charge in [0.15, 0.2) is 17.2 Å². The summed E-state index contributed by atoms with van der Waals surface area (Å²) in [6, 6.07) is 21.1. The second kappa shape index (κ2) is 6.98. The molecule has 0 spiro atoms. The molecule has 0 fully saturated rings. The molecule has 1 aliphatic rings. The van der Waals surface area contributed by atoms with Gasteiger partial charge in [-0.15, -0.1) is 0 Å². The summed E-state index contributed by atoms with van der Waals surface area (Å²) in [4.78, 5) is 15.3. The fraction of sp³-hybridized carbons (Fsp3) is 0.130. The molecular weight excluding hydrogens is 366 g/mol. The summed E-state index contributed by atoms with van der Waals surface area (Å²) in [5.74, 6) is 1.85. The van der Waals surface area contributed by atoms with Crippen LogP contribution in [-0.2, 0) is 13.1 Å². The first-order chi connectivity index (χ1) is 14.2. The standard InChI is InChI=1S/C23H19N3O3/c1-28-20-12-6-8-16-14-26(13-15-7-2-5-11-19(15)29-22(16)20)23(27)21-17-9-3-4-10-18(17)24-25-21/h2-12H,13-14H2,1H3,(H,24,25). The van der Waals surface area contributed by atoms with Gasteiger partial charge in [0.2, 0.25) is 0 Å². The Hall–Kier alpha value is -3.80. The molecule has 144 valence electrons. The lowest BCUT2D eigenvalue weighted by Crippen LogP contribution is -2.31. The molecule has 6 nitrogen and oxygen atoms in total. The van der Waals surface area contributed by atoms with Crippen molar-refractivity contribution in [3.63, 3.8) is 0 Å². The smallest absolute Gasteiger partial charge is 0.275 e. The van der Waals surface area contributed by atoms with E-state index in [2.05, 4.69) is 10.2 Å². The molecule has 5 rings (SSSR count). The third-order valence-electron chi connectivity index (χ3n) is 5.15. The van der Waals surface area contributed by atoms with Gasteiger partial charge in [0, 0.05) is 16.5 Å². The van der Waals surface area contributed by atoms with Crippen LogP contribution in [0.2, 0.25) is 0 Å². The van der Waals surface area contributed by atoms with E-state index in [9.17, 15) is 4.79 Å². The van der Waals surface area contributed by atoms with Crippen molar-refractivity contribution in [1.82, 2.24) is 15.1 Å². The second-order valence-corrected chi connectivity index (χ2v) is 6.94. The molecule has 0 saturated heterocycles. The summed E-state index contributed by atoms with van der Waals surface area (Å²) in [5.41, 5.74) is 3.07. The SMILES string of the molecule is COc1cccc2c1Oc1ccccc1CN(C(=O)c1n[nH]c3ccccc13)C2. The highest BCUT2D eigenvalue weighted by Gasteiger charge is 2.26. The molecular formula is C23H19N3O3. The number of benzene rings is 3. The zero-order chi connectivity index (χ0) is 19.8. The van der Waals surface area contributed by atoms with E-state index in [4.69, 9.17) is 9.47 Å². The van der Waals surface area contributed by atoms with Gasteiger partial charge in [-0.1, -0.05) is 48.5 Å². The zero-order valence-corrected chi connectivity index (χ0v) is 15.9. The third kappa shape index (κ3) is 2.99. The lowest BCUT2D eigenvalue weighted by atomic mass is 10.1. The number of nitrogens with one attached hydrogen (secondary N) is 1. The first-order valence-corrected chi connectivity index (χ1v) is 9.38. The number of H-pyrrole nitrogens is 1. The van der Waals surface area contributed by atoms with Crippen molar-refractivity contribution in [2.45, 2.75) is 13.1 Å². The molecule has 29 heavy (non-hydrogen) atoms. The Kier molecular flexibility index (Phi) is 4.17. The summed E-state index contributed by atoms with van der Waals surface area (Å²) in [6.45, 7) is 0.813. The molecule has 0 radical (unpaired) electrons. The topological polar surface area (TPSA) is 67.5 Å².